The molecule has 0 aliphatic rings. The van der Waals surface area contributed by atoms with Crippen LogP contribution < -0.4 is 0 Å². The number of hydrogen-bond donors (Lipinski definition) is 2. The molecule has 37 heavy (non-hydrogen) atoms. The summed E-state index contributed by atoms with van der Waals surface area (Å²) >= 11 is 0. The lowest BCUT2D eigenvalue weighted by Crippen LogP contribution is -2.24. The predicted octanol–water partition coefficient (Wildman–Crippen LogP) is 9.53. The van der Waals surface area contributed by atoms with Gasteiger partial charge in [-0.3, -0.25) is 9.59 Å². The highest BCUT2D eigenvalue weighted by Crippen LogP contribution is 2.17. The van der Waals surface area contributed by atoms with Crippen LogP contribution in [0.4, 0.5) is 0 Å². The minimum absolute atomic E-state index is 0.0356. The first-order valence-corrected chi connectivity index (χ1v) is 16.1. The summed E-state index contributed by atoms with van der Waals surface area (Å²) in [6, 6.07) is 0. The second-order valence-corrected chi connectivity index (χ2v) is 11.2. The Bertz CT molecular complexity index is 507. The molecule has 0 saturated heterocycles. The van der Waals surface area contributed by atoms with Crippen LogP contribution >= 0.6 is 0 Å². The van der Waals surface area contributed by atoms with Gasteiger partial charge < -0.3 is 14.9 Å². The smallest absolute Gasteiger partial charge is 0.308 e. The fraction of sp³-hybridized carbons (Fsp3) is 0.938. The van der Waals surface area contributed by atoms with Gasteiger partial charge in [-0.2, -0.15) is 0 Å². The quantitative estimate of drug-likeness (QED) is 0.0748. The maximum absolute atomic E-state index is 12.3. The maximum Gasteiger partial charge on any atom is 0.308 e. The number of aliphatic carboxylic acids is 1. The average molecular weight is 527 g/mol. The maximum atomic E-state index is 12.3. The van der Waals surface area contributed by atoms with E-state index in [0.717, 1.165) is 32.1 Å². The topological polar surface area (TPSA) is 83.8 Å². The molecule has 0 aliphatic heterocycles. The molecule has 0 heterocycles. The number of rotatable bonds is 29. The highest BCUT2D eigenvalue weighted by molar-refractivity contribution is 5.71. The standard InChI is InChI=1S/C32H62O5/c1-3-5-7-9-11-13-15-17-19-21-23-25-29(33)27-32(36)37-30(28-31(34)35)26-24-22-20-18-16-14-12-10-8-6-4-2/h29-30,33H,3-28H2,1-2H3,(H,34,35). The molecule has 5 nitrogen and oxygen atoms in total. The molecule has 0 aromatic heterocycles. The van der Waals surface area contributed by atoms with Crippen molar-refractivity contribution in [3.05, 3.63) is 0 Å². The fourth-order valence-corrected chi connectivity index (χ4v) is 5.01. The number of carboxylic acid groups (broad SMARTS) is 1. The second-order valence-electron chi connectivity index (χ2n) is 11.2. The molecule has 0 radical (unpaired) electrons. The van der Waals surface area contributed by atoms with E-state index in [0.29, 0.717) is 12.8 Å². The van der Waals surface area contributed by atoms with Crippen LogP contribution in [-0.2, 0) is 14.3 Å². The van der Waals surface area contributed by atoms with Crippen LogP contribution in [0.1, 0.15) is 181 Å². The Morgan fingerprint density at radius 3 is 1.27 bits per heavy atom. The van der Waals surface area contributed by atoms with Gasteiger partial charge in [-0.1, -0.05) is 149 Å². The first-order chi connectivity index (χ1) is 18.0. The van der Waals surface area contributed by atoms with Gasteiger partial charge in [0.1, 0.15) is 6.10 Å². The van der Waals surface area contributed by atoms with E-state index in [1.165, 1.54) is 109 Å². The normalized spacial score (nSPS) is 12.9. The van der Waals surface area contributed by atoms with Crippen molar-refractivity contribution in [3.8, 4) is 0 Å². The third kappa shape index (κ3) is 27.7. The van der Waals surface area contributed by atoms with E-state index in [1.54, 1.807) is 0 Å². The lowest BCUT2D eigenvalue weighted by atomic mass is 10.0. The van der Waals surface area contributed by atoms with Crippen molar-refractivity contribution in [2.75, 3.05) is 0 Å². The summed E-state index contributed by atoms with van der Waals surface area (Å²) < 4.78 is 5.45. The fourth-order valence-electron chi connectivity index (χ4n) is 5.01. The van der Waals surface area contributed by atoms with Gasteiger partial charge >= 0.3 is 11.9 Å². The van der Waals surface area contributed by atoms with Crippen LogP contribution in [0.15, 0.2) is 0 Å². The lowest BCUT2D eigenvalue weighted by molar-refractivity contribution is -0.155. The molecule has 0 rings (SSSR count). The van der Waals surface area contributed by atoms with E-state index in [4.69, 9.17) is 4.74 Å². The van der Waals surface area contributed by atoms with Crippen LogP contribution in [-0.4, -0.2) is 34.4 Å². The molecular weight excluding hydrogens is 464 g/mol. The van der Waals surface area contributed by atoms with Crippen LogP contribution in [0.2, 0.25) is 0 Å². The largest absolute Gasteiger partial charge is 0.481 e. The highest BCUT2D eigenvalue weighted by Gasteiger charge is 2.20. The molecule has 2 unspecified atom stereocenters. The number of carbonyl (C=O) groups is 2. The molecule has 2 N–H and O–H groups in total. The number of carboxylic acids is 1. The Morgan fingerprint density at radius 2 is 0.892 bits per heavy atom. The Labute approximate surface area is 229 Å². The second kappa shape index (κ2) is 27.9. The van der Waals surface area contributed by atoms with Crippen molar-refractivity contribution in [1.29, 1.82) is 0 Å². The van der Waals surface area contributed by atoms with Crippen molar-refractivity contribution >= 4 is 11.9 Å². The van der Waals surface area contributed by atoms with Crippen molar-refractivity contribution in [2.24, 2.45) is 0 Å². The minimum atomic E-state index is -0.942. The summed E-state index contributed by atoms with van der Waals surface area (Å²) in [7, 11) is 0. The molecule has 5 heteroatoms. The number of esters is 1. The molecule has 0 spiro atoms. The van der Waals surface area contributed by atoms with E-state index in [1.807, 2.05) is 0 Å². The molecule has 0 bridgehead atoms. The van der Waals surface area contributed by atoms with Gasteiger partial charge in [0.2, 0.25) is 0 Å². The molecule has 220 valence electrons. The van der Waals surface area contributed by atoms with Gasteiger partial charge in [0, 0.05) is 0 Å². The Hall–Kier alpha value is -1.10. The van der Waals surface area contributed by atoms with Crippen molar-refractivity contribution in [2.45, 2.75) is 193 Å². The van der Waals surface area contributed by atoms with Crippen molar-refractivity contribution < 1.29 is 24.5 Å². The zero-order chi connectivity index (χ0) is 27.4. The Balaban J connectivity index is 3.81. The highest BCUT2D eigenvalue weighted by atomic mass is 16.5. The van der Waals surface area contributed by atoms with Gasteiger partial charge in [-0.05, 0) is 19.3 Å². The van der Waals surface area contributed by atoms with Gasteiger partial charge in [0.05, 0.1) is 18.9 Å². The zero-order valence-corrected chi connectivity index (χ0v) is 24.7. The van der Waals surface area contributed by atoms with Gasteiger partial charge in [-0.15, -0.1) is 0 Å². The molecule has 0 aromatic carbocycles. The summed E-state index contributed by atoms with van der Waals surface area (Å²) in [6.45, 7) is 4.49. The number of carbonyl (C=O) groups excluding carboxylic acids is 1. The number of unbranched alkanes of at least 4 members (excludes halogenated alkanes) is 20. The van der Waals surface area contributed by atoms with Gasteiger partial charge in [-0.25, -0.2) is 0 Å². The molecular formula is C32H62O5. The van der Waals surface area contributed by atoms with Crippen molar-refractivity contribution in [3.63, 3.8) is 0 Å². The third-order valence-electron chi connectivity index (χ3n) is 7.37. The average Bonchev–Trinajstić information content (AvgIpc) is 2.85. The van der Waals surface area contributed by atoms with E-state index in [-0.39, 0.29) is 12.8 Å². The number of aliphatic hydroxyl groups is 1. The van der Waals surface area contributed by atoms with Crippen LogP contribution in [0.3, 0.4) is 0 Å². The molecule has 0 aliphatic carbocycles. The summed E-state index contributed by atoms with van der Waals surface area (Å²) in [6.07, 6.45) is 27.1. The Morgan fingerprint density at radius 1 is 0.541 bits per heavy atom. The van der Waals surface area contributed by atoms with E-state index < -0.39 is 24.1 Å². The summed E-state index contributed by atoms with van der Waals surface area (Å²) in [4.78, 5) is 23.5. The SMILES string of the molecule is CCCCCCCCCCCCCC(O)CC(=O)OC(CCCCCCCCCCCCC)CC(=O)O. The first-order valence-electron chi connectivity index (χ1n) is 16.1. The van der Waals surface area contributed by atoms with Crippen LogP contribution in [0, 0.1) is 0 Å². The van der Waals surface area contributed by atoms with Gasteiger partial charge in [0.15, 0.2) is 0 Å². The van der Waals surface area contributed by atoms with E-state index in [2.05, 4.69) is 13.8 Å². The lowest BCUT2D eigenvalue weighted by Gasteiger charge is -2.17. The first kappa shape index (κ1) is 35.9. The molecule has 0 amide bonds. The third-order valence-corrected chi connectivity index (χ3v) is 7.37. The van der Waals surface area contributed by atoms with Crippen LogP contribution in [0.25, 0.3) is 0 Å². The molecule has 0 aromatic rings. The zero-order valence-electron chi connectivity index (χ0n) is 24.7. The summed E-state index contributed by atoms with van der Waals surface area (Å²) in [5.74, 6) is -1.41. The summed E-state index contributed by atoms with van der Waals surface area (Å²) in [5.41, 5.74) is 0. The summed E-state index contributed by atoms with van der Waals surface area (Å²) in [5, 5.41) is 19.4. The molecule has 0 saturated carbocycles. The number of hydrogen-bond acceptors (Lipinski definition) is 4. The monoisotopic (exact) mass is 526 g/mol. The number of aliphatic hydroxyl groups excluding tert-OH is 1. The minimum Gasteiger partial charge on any atom is -0.481 e. The predicted molar refractivity (Wildman–Crippen MR) is 155 cm³/mol. The van der Waals surface area contributed by atoms with Crippen LogP contribution in [0.5, 0.6) is 0 Å². The van der Waals surface area contributed by atoms with Gasteiger partial charge in [0.25, 0.3) is 0 Å². The number of ether oxygens (including phenoxy) is 1. The van der Waals surface area contributed by atoms with E-state index in [9.17, 15) is 19.8 Å². The molecule has 2 atom stereocenters. The van der Waals surface area contributed by atoms with E-state index >= 15 is 0 Å². The Kier molecular flexibility index (Phi) is 27.1. The molecule has 0 fully saturated rings. The van der Waals surface area contributed by atoms with Crippen molar-refractivity contribution in [1.82, 2.24) is 0 Å².